The summed E-state index contributed by atoms with van der Waals surface area (Å²) in [5.41, 5.74) is 3.02. The molecule has 0 heterocycles. The van der Waals surface area contributed by atoms with Gasteiger partial charge in [0.1, 0.15) is 0 Å². The van der Waals surface area contributed by atoms with E-state index in [2.05, 4.69) is 15.8 Å². The van der Waals surface area contributed by atoms with E-state index < -0.39 is 11.7 Å². The van der Waals surface area contributed by atoms with Gasteiger partial charge in [0.05, 0.1) is 16.3 Å². The number of halogens is 4. The van der Waals surface area contributed by atoms with Crippen LogP contribution in [0.25, 0.3) is 0 Å². The van der Waals surface area contributed by atoms with Crippen molar-refractivity contribution in [3.05, 3.63) is 28.8 Å². The second-order valence-corrected chi connectivity index (χ2v) is 6.17. The number of thiocarbonyl (C=S) groups is 1. The first-order chi connectivity index (χ1) is 10.9. The summed E-state index contributed by atoms with van der Waals surface area (Å²) in [6.07, 6.45) is 1.99. The summed E-state index contributed by atoms with van der Waals surface area (Å²) in [5, 5.41) is 7.17. The van der Waals surface area contributed by atoms with Gasteiger partial charge in [-0.3, -0.25) is 5.43 Å². The number of anilines is 1. The Morgan fingerprint density at radius 3 is 2.39 bits per heavy atom. The van der Waals surface area contributed by atoms with Gasteiger partial charge in [0.2, 0.25) is 0 Å². The van der Waals surface area contributed by atoms with Crippen LogP contribution in [0.15, 0.2) is 23.3 Å². The number of alkyl halides is 3. The highest BCUT2D eigenvalue weighted by Gasteiger charge is 2.31. The monoisotopic (exact) mass is 363 g/mol. The molecule has 0 unspecified atom stereocenters. The largest absolute Gasteiger partial charge is 0.416 e. The van der Waals surface area contributed by atoms with Crippen molar-refractivity contribution >= 4 is 40.3 Å². The number of rotatable bonds is 2. The lowest BCUT2D eigenvalue weighted by atomic mass is 10.2. The quantitative estimate of drug-likeness (QED) is 0.422. The maximum Gasteiger partial charge on any atom is 0.416 e. The van der Waals surface area contributed by atoms with Crippen LogP contribution in [0.4, 0.5) is 18.9 Å². The zero-order valence-electron chi connectivity index (χ0n) is 12.3. The summed E-state index contributed by atoms with van der Waals surface area (Å²) in [7, 11) is 0. The molecule has 3 nitrogen and oxygen atoms in total. The minimum atomic E-state index is -4.43. The van der Waals surface area contributed by atoms with E-state index in [0.717, 1.165) is 43.5 Å². The molecule has 0 aromatic heterocycles. The minimum absolute atomic E-state index is 0.0973. The predicted octanol–water partition coefficient (Wildman–Crippen LogP) is 5.36. The van der Waals surface area contributed by atoms with Gasteiger partial charge in [-0.15, -0.1) is 0 Å². The molecule has 126 valence electrons. The molecule has 0 bridgehead atoms. The Morgan fingerprint density at radius 2 is 1.78 bits per heavy atom. The van der Waals surface area contributed by atoms with Gasteiger partial charge in [-0.1, -0.05) is 24.4 Å². The van der Waals surface area contributed by atoms with Crippen LogP contribution < -0.4 is 10.7 Å². The van der Waals surface area contributed by atoms with Crippen molar-refractivity contribution in [3.8, 4) is 0 Å². The highest BCUT2D eigenvalue weighted by molar-refractivity contribution is 7.80. The molecular formula is C15H17ClF3N3S. The minimum Gasteiger partial charge on any atom is -0.330 e. The molecule has 1 fully saturated rings. The van der Waals surface area contributed by atoms with Crippen molar-refractivity contribution in [1.29, 1.82) is 0 Å². The molecule has 2 N–H and O–H groups in total. The van der Waals surface area contributed by atoms with Crippen LogP contribution in [0.5, 0.6) is 0 Å². The molecule has 0 aliphatic heterocycles. The third-order valence-electron chi connectivity index (χ3n) is 3.54. The summed E-state index contributed by atoms with van der Waals surface area (Å²) in [5.74, 6) is 0. The second kappa shape index (κ2) is 7.97. The van der Waals surface area contributed by atoms with E-state index >= 15 is 0 Å². The average Bonchev–Trinajstić information content (AvgIpc) is 2.75. The highest BCUT2D eigenvalue weighted by atomic mass is 35.5. The van der Waals surface area contributed by atoms with Gasteiger partial charge in [0.15, 0.2) is 5.11 Å². The number of hydrogen-bond acceptors (Lipinski definition) is 2. The van der Waals surface area contributed by atoms with Crippen molar-refractivity contribution in [2.24, 2.45) is 5.10 Å². The first kappa shape index (κ1) is 18.0. The summed E-state index contributed by atoms with van der Waals surface area (Å²) < 4.78 is 38.2. The van der Waals surface area contributed by atoms with Gasteiger partial charge in [-0.05, 0) is 56.1 Å². The lowest BCUT2D eigenvalue weighted by Gasteiger charge is -2.13. The number of nitrogens with zero attached hydrogens (tertiary/aromatic N) is 1. The number of nitrogens with one attached hydrogen (secondary N) is 2. The van der Waals surface area contributed by atoms with E-state index in [1.807, 2.05) is 0 Å². The maximum atomic E-state index is 12.7. The van der Waals surface area contributed by atoms with Crippen LogP contribution >= 0.6 is 23.8 Å². The first-order valence-corrected chi connectivity index (χ1v) is 8.14. The van der Waals surface area contributed by atoms with Crippen LogP contribution in [-0.4, -0.2) is 10.8 Å². The fourth-order valence-electron chi connectivity index (χ4n) is 2.33. The average molecular weight is 364 g/mol. The predicted molar refractivity (Wildman–Crippen MR) is 90.9 cm³/mol. The highest BCUT2D eigenvalue weighted by Crippen LogP contribution is 2.33. The third kappa shape index (κ3) is 5.66. The summed E-state index contributed by atoms with van der Waals surface area (Å²) >= 11 is 11.0. The number of hydrogen-bond donors (Lipinski definition) is 2. The molecule has 8 heteroatoms. The second-order valence-electron chi connectivity index (χ2n) is 5.35. The molecule has 23 heavy (non-hydrogen) atoms. The molecule has 2 rings (SSSR count). The fourth-order valence-corrected chi connectivity index (χ4v) is 2.65. The Balaban J connectivity index is 2.01. The molecular weight excluding hydrogens is 347 g/mol. The Morgan fingerprint density at radius 1 is 1.13 bits per heavy atom. The van der Waals surface area contributed by atoms with Crippen LogP contribution in [0.3, 0.4) is 0 Å². The molecule has 1 aromatic rings. The van der Waals surface area contributed by atoms with Gasteiger partial charge in [0.25, 0.3) is 0 Å². The third-order valence-corrected chi connectivity index (χ3v) is 4.06. The number of hydrazone groups is 1. The fraction of sp³-hybridized carbons (Fsp3) is 0.467. The molecule has 1 aliphatic rings. The zero-order valence-corrected chi connectivity index (χ0v) is 13.9. The van der Waals surface area contributed by atoms with Crippen molar-refractivity contribution in [2.45, 2.75) is 44.7 Å². The summed E-state index contributed by atoms with van der Waals surface area (Å²) in [6.45, 7) is 0. The van der Waals surface area contributed by atoms with E-state index in [9.17, 15) is 13.2 Å². The molecule has 0 amide bonds. The maximum absolute atomic E-state index is 12.7. The van der Waals surface area contributed by atoms with Gasteiger partial charge < -0.3 is 5.32 Å². The first-order valence-electron chi connectivity index (χ1n) is 7.35. The van der Waals surface area contributed by atoms with E-state index in [4.69, 9.17) is 23.8 Å². The van der Waals surface area contributed by atoms with Crippen molar-refractivity contribution < 1.29 is 13.2 Å². The van der Waals surface area contributed by atoms with Gasteiger partial charge in [0, 0.05) is 5.71 Å². The molecule has 0 atom stereocenters. The van der Waals surface area contributed by atoms with E-state index in [1.165, 1.54) is 18.9 Å². The van der Waals surface area contributed by atoms with Gasteiger partial charge in [-0.25, -0.2) is 0 Å². The zero-order chi connectivity index (χ0) is 16.9. The molecule has 0 radical (unpaired) electrons. The van der Waals surface area contributed by atoms with Crippen LogP contribution in [-0.2, 0) is 6.18 Å². The molecule has 0 spiro atoms. The van der Waals surface area contributed by atoms with E-state index in [-0.39, 0.29) is 15.8 Å². The SMILES string of the molecule is FC(F)(F)c1ccc(Cl)c(NC(=S)NN=C2CCCCCC2)c1. The normalized spacial score (nSPS) is 15.7. The molecule has 0 saturated heterocycles. The lowest BCUT2D eigenvalue weighted by molar-refractivity contribution is -0.137. The standard InChI is InChI=1S/C15H17ClF3N3S/c16-12-8-7-10(15(17,18)19)9-13(12)20-14(23)22-21-11-5-3-1-2-4-6-11/h7-9H,1-6H2,(H2,20,22,23). The van der Waals surface area contributed by atoms with Crippen LogP contribution in [0, 0.1) is 0 Å². The summed E-state index contributed by atoms with van der Waals surface area (Å²) in [4.78, 5) is 0. The van der Waals surface area contributed by atoms with Crippen molar-refractivity contribution in [3.63, 3.8) is 0 Å². The number of benzene rings is 1. The van der Waals surface area contributed by atoms with E-state index in [0.29, 0.717) is 0 Å². The van der Waals surface area contributed by atoms with Gasteiger partial charge in [-0.2, -0.15) is 18.3 Å². The Bertz CT molecular complexity index is 592. The van der Waals surface area contributed by atoms with Crippen LogP contribution in [0.1, 0.15) is 44.1 Å². The lowest BCUT2D eigenvalue weighted by Crippen LogP contribution is -2.25. The van der Waals surface area contributed by atoms with Crippen molar-refractivity contribution in [1.82, 2.24) is 5.43 Å². The molecule has 1 aromatic carbocycles. The Labute approximate surface area is 143 Å². The Kier molecular flexibility index (Phi) is 6.24. The topological polar surface area (TPSA) is 36.4 Å². The van der Waals surface area contributed by atoms with Gasteiger partial charge >= 0.3 is 6.18 Å². The smallest absolute Gasteiger partial charge is 0.330 e. The van der Waals surface area contributed by atoms with E-state index in [1.54, 1.807) is 0 Å². The van der Waals surface area contributed by atoms with Crippen molar-refractivity contribution in [2.75, 3.05) is 5.32 Å². The molecule has 1 aliphatic carbocycles. The summed E-state index contributed by atoms with van der Waals surface area (Å²) in [6, 6.07) is 3.04. The molecule has 1 saturated carbocycles. The Hall–Kier alpha value is -1.34. The van der Waals surface area contributed by atoms with Crippen LogP contribution in [0.2, 0.25) is 5.02 Å².